The van der Waals surface area contributed by atoms with E-state index in [2.05, 4.69) is 20.6 Å². The average Bonchev–Trinajstić information content (AvgIpc) is 2.48. The minimum Gasteiger partial charge on any atom is -0.370 e. The van der Waals surface area contributed by atoms with Gasteiger partial charge in [0.05, 0.1) is 0 Å². The van der Waals surface area contributed by atoms with E-state index < -0.39 is 0 Å². The number of hydrogen-bond donors (Lipinski definition) is 2. The van der Waals surface area contributed by atoms with E-state index in [0.29, 0.717) is 23.9 Å². The lowest BCUT2D eigenvalue weighted by Gasteiger charge is -2.10. The Hall–Kier alpha value is -2.14. The number of amides is 1. The third-order valence-corrected chi connectivity index (χ3v) is 3.38. The minimum atomic E-state index is -0.189. The van der Waals surface area contributed by atoms with Crippen LogP contribution in [0.2, 0.25) is 5.02 Å². The van der Waals surface area contributed by atoms with Crippen LogP contribution in [-0.4, -0.2) is 28.5 Å². The van der Waals surface area contributed by atoms with Gasteiger partial charge in [0.15, 0.2) is 0 Å². The van der Waals surface area contributed by atoms with Gasteiger partial charge in [-0.2, -0.15) is 0 Å². The van der Waals surface area contributed by atoms with Crippen molar-refractivity contribution in [2.75, 3.05) is 11.9 Å². The molecule has 1 heterocycles. The van der Waals surface area contributed by atoms with Crippen LogP contribution in [0.15, 0.2) is 30.3 Å². The summed E-state index contributed by atoms with van der Waals surface area (Å²) in [5.41, 5.74) is 1.56. The van der Waals surface area contributed by atoms with Crippen molar-refractivity contribution in [1.82, 2.24) is 15.3 Å². The second kappa shape index (κ2) is 7.92. The van der Waals surface area contributed by atoms with Gasteiger partial charge in [0.25, 0.3) is 5.91 Å². The van der Waals surface area contributed by atoms with Gasteiger partial charge in [-0.3, -0.25) is 4.79 Å². The first-order chi connectivity index (χ1) is 10.9. The van der Waals surface area contributed by atoms with Gasteiger partial charge in [0.2, 0.25) is 0 Å². The summed E-state index contributed by atoms with van der Waals surface area (Å²) in [7, 11) is 0. The van der Waals surface area contributed by atoms with E-state index >= 15 is 0 Å². The molecule has 2 aromatic rings. The van der Waals surface area contributed by atoms with Crippen molar-refractivity contribution in [1.29, 1.82) is 0 Å². The number of anilines is 1. The molecule has 122 valence electrons. The normalized spacial score (nSPS) is 10.7. The molecule has 0 saturated heterocycles. The molecule has 0 aliphatic heterocycles. The quantitative estimate of drug-likeness (QED) is 0.852. The molecule has 6 heteroatoms. The number of carbonyl (C=O) groups excluding carboxylic acids is 1. The fraction of sp³-hybridized carbons (Fsp3) is 0.353. The van der Waals surface area contributed by atoms with E-state index in [-0.39, 0.29) is 11.9 Å². The molecule has 5 nitrogen and oxygen atoms in total. The average molecular weight is 333 g/mol. The molecule has 2 N–H and O–H groups in total. The molecular formula is C17H21ClN4O. The number of nitrogens with one attached hydrogen (secondary N) is 2. The Morgan fingerprint density at radius 3 is 2.57 bits per heavy atom. The second-order valence-electron chi connectivity index (χ2n) is 5.62. The van der Waals surface area contributed by atoms with E-state index in [4.69, 9.17) is 11.6 Å². The number of carbonyl (C=O) groups is 1. The molecule has 0 radical (unpaired) electrons. The van der Waals surface area contributed by atoms with Crippen molar-refractivity contribution >= 4 is 23.3 Å². The monoisotopic (exact) mass is 332 g/mol. The van der Waals surface area contributed by atoms with Crippen molar-refractivity contribution in [3.05, 3.63) is 52.4 Å². The molecule has 0 fully saturated rings. The number of aromatic nitrogens is 2. The van der Waals surface area contributed by atoms with Gasteiger partial charge in [-0.1, -0.05) is 23.7 Å². The van der Waals surface area contributed by atoms with Crippen LogP contribution >= 0.6 is 11.6 Å². The van der Waals surface area contributed by atoms with Gasteiger partial charge in [0.1, 0.15) is 17.3 Å². The molecule has 0 spiro atoms. The van der Waals surface area contributed by atoms with Crippen LogP contribution in [0.3, 0.4) is 0 Å². The van der Waals surface area contributed by atoms with Crippen LogP contribution in [0.1, 0.15) is 35.7 Å². The summed E-state index contributed by atoms with van der Waals surface area (Å²) >= 11 is 5.87. The molecule has 0 unspecified atom stereocenters. The van der Waals surface area contributed by atoms with Crippen LogP contribution in [0.25, 0.3) is 0 Å². The summed E-state index contributed by atoms with van der Waals surface area (Å²) in [6, 6.07) is 9.49. The van der Waals surface area contributed by atoms with E-state index in [9.17, 15) is 4.79 Å². The molecule has 0 atom stereocenters. The highest BCUT2D eigenvalue weighted by molar-refractivity contribution is 6.30. The Morgan fingerprint density at radius 1 is 1.22 bits per heavy atom. The Kier molecular flexibility index (Phi) is 5.93. The lowest BCUT2D eigenvalue weighted by molar-refractivity contribution is 0.0937. The number of rotatable bonds is 6. The zero-order chi connectivity index (χ0) is 16.8. The second-order valence-corrected chi connectivity index (χ2v) is 6.05. The summed E-state index contributed by atoms with van der Waals surface area (Å²) in [5.74, 6) is 1.03. The first-order valence-electron chi connectivity index (χ1n) is 7.59. The highest BCUT2D eigenvalue weighted by Gasteiger charge is 2.11. The zero-order valence-electron chi connectivity index (χ0n) is 13.6. The van der Waals surface area contributed by atoms with Gasteiger partial charge >= 0.3 is 0 Å². The first-order valence-corrected chi connectivity index (χ1v) is 7.96. The standard InChI is InChI=1S/C17H21ClN4O/c1-11(2)20-17(23)15-10-16(22-12(3)21-15)19-9-8-13-4-6-14(18)7-5-13/h4-7,10-11H,8-9H2,1-3H3,(H,20,23)(H,19,21,22). The van der Waals surface area contributed by atoms with Crippen molar-refractivity contribution in [3.8, 4) is 0 Å². The third-order valence-electron chi connectivity index (χ3n) is 3.12. The summed E-state index contributed by atoms with van der Waals surface area (Å²) in [5, 5.41) is 6.79. The Balaban J connectivity index is 1.98. The number of aryl methyl sites for hydroxylation is 1. The predicted octanol–water partition coefficient (Wildman–Crippen LogP) is 3.23. The number of halogens is 1. The number of hydrogen-bond acceptors (Lipinski definition) is 4. The molecule has 1 aromatic carbocycles. The maximum Gasteiger partial charge on any atom is 0.270 e. The molecule has 0 aliphatic carbocycles. The molecule has 2 rings (SSSR count). The molecular weight excluding hydrogens is 312 g/mol. The summed E-state index contributed by atoms with van der Waals surface area (Å²) < 4.78 is 0. The summed E-state index contributed by atoms with van der Waals surface area (Å²) in [4.78, 5) is 20.5. The highest BCUT2D eigenvalue weighted by Crippen LogP contribution is 2.11. The molecule has 1 aromatic heterocycles. The molecule has 0 aliphatic rings. The Labute approximate surface area is 141 Å². The fourth-order valence-corrected chi connectivity index (χ4v) is 2.22. The van der Waals surface area contributed by atoms with E-state index in [0.717, 1.165) is 11.4 Å². The van der Waals surface area contributed by atoms with E-state index in [1.54, 1.807) is 13.0 Å². The maximum atomic E-state index is 12.0. The van der Waals surface area contributed by atoms with E-state index in [1.165, 1.54) is 5.56 Å². The summed E-state index contributed by atoms with van der Waals surface area (Å²) in [6.45, 7) is 6.31. The lowest BCUT2D eigenvalue weighted by Crippen LogP contribution is -2.31. The van der Waals surface area contributed by atoms with E-state index in [1.807, 2.05) is 38.1 Å². The topological polar surface area (TPSA) is 66.9 Å². The van der Waals surface area contributed by atoms with Crippen LogP contribution in [-0.2, 0) is 6.42 Å². The van der Waals surface area contributed by atoms with Gasteiger partial charge in [-0.05, 0) is 44.9 Å². The van der Waals surface area contributed by atoms with Crippen LogP contribution in [0.5, 0.6) is 0 Å². The molecule has 1 amide bonds. The number of benzene rings is 1. The minimum absolute atomic E-state index is 0.0686. The SMILES string of the molecule is Cc1nc(NCCc2ccc(Cl)cc2)cc(C(=O)NC(C)C)n1. The predicted molar refractivity (Wildman–Crippen MR) is 93.0 cm³/mol. The van der Waals surface area contributed by atoms with Gasteiger partial charge in [-0.25, -0.2) is 9.97 Å². The maximum absolute atomic E-state index is 12.0. The largest absolute Gasteiger partial charge is 0.370 e. The smallest absolute Gasteiger partial charge is 0.270 e. The lowest BCUT2D eigenvalue weighted by atomic mass is 10.1. The molecule has 23 heavy (non-hydrogen) atoms. The van der Waals surface area contributed by atoms with Crippen LogP contribution in [0, 0.1) is 6.92 Å². The van der Waals surface area contributed by atoms with Crippen LogP contribution in [0.4, 0.5) is 5.82 Å². The third kappa shape index (κ3) is 5.53. The first kappa shape index (κ1) is 17.2. The van der Waals surface area contributed by atoms with Crippen LogP contribution < -0.4 is 10.6 Å². The van der Waals surface area contributed by atoms with Gasteiger partial charge in [0, 0.05) is 23.7 Å². The molecule has 0 saturated carbocycles. The highest BCUT2D eigenvalue weighted by atomic mass is 35.5. The van der Waals surface area contributed by atoms with Crippen molar-refractivity contribution in [2.24, 2.45) is 0 Å². The fourth-order valence-electron chi connectivity index (χ4n) is 2.10. The zero-order valence-corrected chi connectivity index (χ0v) is 14.3. The van der Waals surface area contributed by atoms with Gasteiger partial charge < -0.3 is 10.6 Å². The molecule has 0 bridgehead atoms. The summed E-state index contributed by atoms with van der Waals surface area (Å²) in [6.07, 6.45) is 0.841. The van der Waals surface area contributed by atoms with Crippen molar-refractivity contribution in [2.45, 2.75) is 33.2 Å². The van der Waals surface area contributed by atoms with Gasteiger partial charge in [-0.15, -0.1) is 0 Å². The Bertz CT molecular complexity index is 671. The van der Waals surface area contributed by atoms with Crippen molar-refractivity contribution in [3.63, 3.8) is 0 Å². The van der Waals surface area contributed by atoms with Crippen molar-refractivity contribution < 1.29 is 4.79 Å². The number of nitrogens with zero attached hydrogens (tertiary/aromatic N) is 2. The Morgan fingerprint density at radius 2 is 1.91 bits per heavy atom.